The molecule has 0 fully saturated rings. The largest absolute Gasteiger partial charge is 0.469 e. The number of esters is 1. The van der Waals surface area contributed by atoms with Crippen LogP contribution in [0, 0.1) is 12.8 Å². The third-order valence-electron chi connectivity index (χ3n) is 4.17. The van der Waals surface area contributed by atoms with E-state index in [9.17, 15) is 18.0 Å². The lowest BCUT2D eigenvalue weighted by atomic mass is 9.91. The Balaban J connectivity index is 2.89. The molecule has 0 aliphatic rings. The average molecular weight is 357 g/mol. The number of carbonyl (C=O) groups is 1. The van der Waals surface area contributed by atoms with Gasteiger partial charge in [0.15, 0.2) is 0 Å². The van der Waals surface area contributed by atoms with Crippen molar-refractivity contribution in [2.75, 3.05) is 20.2 Å². The van der Waals surface area contributed by atoms with Gasteiger partial charge in [-0.25, -0.2) is 0 Å². The van der Waals surface area contributed by atoms with Crippen LogP contribution in [-0.2, 0) is 22.5 Å². The maximum absolute atomic E-state index is 12.6. The summed E-state index contributed by atoms with van der Waals surface area (Å²) in [7, 11) is 1.34. The molecule has 1 aromatic carbocycles. The predicted molar refractivity (Wildman–Crippen MR) is 92.2 cm³/mol. The van der Waals surface area contributed by atoms with Crippen molar-refractivity contribution in [3.05, 3.63) is 47.0 Å². The summed E-state index contributed by atoms with van der Waals surface area (Å²) >= 11 is 0. The molecule has 0 amide bonds. The van der Waals surface area contributed by atoms with E-state index >= 15 is 0 Å². The Kier molecular flexibility index (Phi) is 7.67. The van der Waals surface area contributed by atoms with Crippen LogP contribution < -0.4 is 0 Å². The molecule has 0 bridgehead atoms. The molecule has 140 valence electrons. The summed E-state index contributed by atoms with van der Waals surface area (Å²) in [5.74, 6) is -0.759. The highest BCUT2D eigenvalue weighted by molar-refractivity contribution is 5.75. The summed E-state index contributed by atoms with van der Waals surface area (Å²) in [6.07, 6.45) is -3.74. The molecule has 0 N–H and O–H groups in total. The first-order valence-corrected chi connectivity index (χ1v) is 8.18. The minimum absolute atomic E-state index is 0.234. The molecule has 0 aliphatic carbocycles. The van der Waals surface area contributed by atoms with Crippen LogP contribution in [0.1, 0.15) is 30.5 Å². The van der Waals surface area contributed by atoms with Crippen molar-refractivity contribution >= 4 is 5.97 Å². The number of nitrogens with zero attached hydrogens (tertiary/aromatic N) is 1. The molecule has 0 aromatic heterocycles. The summed E-state index contributed by atoms with van der Waals surface area (Å²) in [6, 6.07) is 5.56. The van der Waals surface area contributed by atoms with E-state index < -0.39 is 18.6 Å². The van der Waals surface area contributed by atoms with Crippen molar-refractivity contribution in [1.29, 1.82) is 0 Å². The van der Waals surface area contributed by atoms with Crippen molar-refractivity contribution in [1.82, 2.24) is 4.90 Å². The molecule has 6 heteroatoms. The molecule has 1 atom stereocenters. The Hall–Kier alpha value is -1.82. The first kappa shape index (κ1) is 21.2. The van der Waals surface area contributed by atoms with Crippen LogP contribution in [0.2, 0.25) is 0 Å². The van der Waals surface area contributed by atoms with Crippen LogP contribution in [0.15, 0.2) is 30.4 Å². The van der Waals surface area contributed by atoms with E-state index in [2.05, 4.69) is 6.58 Å². The molecule has 0 saturated carbocycles. The first-order valence-electron chi connectivity index (χ1n) is 8.18. The highest BCUT2D eigenvalue weighted by atomic mass is 19.4. The van der Waals surface area contributed by atoms with E-state index in [4.69, 9.17) is 4.74 Å². The van der Waals surface area contributed by atoms with E-state index in [1.165, 1.54) is 12.0 Å². The van der Waals surface area contributed by atoms with Gasteiger partial charge >= 0.3 is 12.1 Å². The van der Waals surface area contributed by atoms with Gasteiger partial charge < -0.3 is 4.74 Å². The summed E-state index contributed by atoms with van der Waals surface area (Å²) in [6.45, 7) is 8.85. The maximum Gasteiger partial charge on any atom is 0.401 e. The monoisotopic (exact) mass is 357 g/mol. The van der Waals surface area contributed by atoms with E-state index in [0.29, 0.717) is 13.0 Å². The number of aryl methyl sites for hydroxylation is 1. The standard InChI is InChI=1S/C19H26F3NO2/c1-6-23(12-19(20,21)22)11-15-7-8-16(14(4)9-15)10-17(13(2)3)18(24)25-5/h7-9,17H,2,6,10-12H2,1,3-5H3. The van der Waals surface area contributed by atoms with Gasteiger partial charge in [-0.3, -0.25) is 9.69 Å². The second-order valence-electron chi connectivity index (χ2n) is 6.31. The third-order valence-corrected chi connectivity index (χ3v) is 4.17. The van der Waals surface area contributed by atoms with Crippen LogP contribution in [0.4, 0.5) is 13.2 Å². The Morgan fingerprint density at radius 1 is 1.36 bits per heavy atom. The SMILES string of the molecule is C=C(C)C(Cc1ccc(CN(CC)CC(F)(F)F)cc1C)C(=O)OC. The number of hydrogen-bond acceptors (Lipinski definition) is 3. The molecule has 3 nitrogen and oxygen atoms in total. The number of rotatable bonds is 8. The lowest BCUT2D eigenvalue weighted by Gasteiger charge is -2.22. The molecular weight excluding hydrogens is 331 g/mol. The predicted octanol–water partition coefficient (Wildman–Crippen LogP) is 4.29. The smallest absolute Gasteiger partial charge is 0.401 e. The molecule has 1 unspecified atom stereocenters. The molecule has 0 heterocycles. The molecular formula is C19H26F3NO2. The van der Waals surface area contributed by atoms with Crippen LogP contribution in [-0.4, -0.2) is 37.2 Å². The Morgan fingerprint density at radius 2 is 2.00 bits per heavy atom. The average Bonchev–Trinajstić information content (AvgIpc) is 2.51. The number of halogens is 3. The summed E-state index contributed by atoms with van der Waals surface area (Å²) in [4.78, 5) is 13.2. The van der Waals surface area contributed by atoms with Crippen molar-refractivity contribution in [2.24, 2.45) is 5.92 Å². The highest BCUT2D eigenvalue weighted by Gasteiger charge is 2.30. The van der Waals surface area contributed by atoms with Crippen molar-refractivity contribution in [3.8, 4) is 0 Å². The second kappa shape index (κ2) is 9.04. The first-order chi connectivity index (χ1) is 11.6. The van der Waals surface area contributed by atoms with Crippen LogP contribution >= 0.6 is 0 Å². The highest BCUT2D eigenvalue weighted by Crippen LogP contribution is 2.22. The fourth-order valence-corrected chi connectivity index (χ4v) is 2.70. The quantitative estimate of drug-likeness (QED) is 0.514. The zero-order valence-electron chi connectivity index (χ0n) is 15.2. The normalized spacial score (nSPS) is 13.0. The van der Waals surface area contributed by atoms with E-state index in [1.807, 2.05) is 25.1 Å². The number of ether oxygens (including phenoxy) is 1. The lowest BCUT2D eigenvalue weighted by Crippen LogP contribution is -2.33. The fraction of sp³-hybridized carbons (Fsp3) is 0.526. The van der Waals surface area contributed by atoms with Gasteiger partial charge in [0.25, 0.3) is 0 Å². The van der Waals surface area contributed by atoms with Crippen LogP contribution in [0.3, 0.4) is 0 Å². The van der Waals surface area contributed by atoms with Crippen LogP contribution in [0.5, 0.6) is 0 Å². The number of hydrogen-bond donors (Lipinski definition) is 0. The Morgan fingerprint density at radius 3 is 2.44 bits per heavy atom. The minimum atomic E-state index is -4.21. The second-order valence-corrected chi connectivity index (χ2v) is 6.31. The number of carbonyl (C=O) groups excluding carboxylic acids is 1. The fourth-order valence-electron chi connectivity index (χ4n) is 2.70. The molecule has 0 radical (unpaired) electrons. The zero-order chi connectivity index (χ0) is 19.2. The van der Waals surface area contributed by atoms with E-state index in [-0.39, 0.29) is 12.5 Å². The Bertz CT molecular complexity index is 611. The molecule has 0 saturated heterocycles. The summed E-state index contributed by atoms with van der Waals surface area (Å²) < 4.78 is 42.5. The van der Waals surface area contributed by atoms with Gasteiger partial charge in [-0.15, -0.1) is 0 Å². The van der Waals surface area contributed by atoms with Gasteiger partial charge in [0, 0.05) is 6.54 Å². The van der Waals surface area contributed by atoms with Gasteiger partial charge in [0.05, 0.1) is 19.6 Å². The van der Waals surface area contributed by atoms with Crippen molar-refractivity contribution in [3.63, 3.8) is 0 Å². The minimum Gasteiger partial charge on any atom is -0.469 e. The van der Waals surface area contributed by atoms with Gasteiger partial charge in [-0.05, 0) is 43.5 Å². The van der Waals surface area contributed by atoms with E-state index in [1.54, 1.807) is 13.8 Å². The number of benzene rings is 1. The van der Waals surface area contributed by atoms with E-state index in [0.717, 1.165) is 22.3 Å². The molecule has 1 aromatic rings. The maximum atomic E-state index is 12.6. The zero-order valence-corrected chi connectivity index (χ0v) is 15.2. The summed E-state index contributed by atoms with van der Waals surface area (Å²) in [5.41, 5.74) is 3.44. The molecule has 1 rings (SSSR count). The van der Waals surface area contributed by atoms with Crippen molar-refractivity contribution < 1.29 is 22.7 Å². The number of alkyl halides is 3. The van der Waals surface area contributed by atoms with Gasteiger partial charge in [0.1, 0.15) is 0 Å². The van der Waals surface area contributed by atoms with Gasteiger partial charge in [0.2, 0.25) is 0 Å². The molecule has 0 aliphatic heterocycles. The van der Waals surface area contributed by atoms with Gasteiger partial charge in [-0.2, -0.15) is 13.2 Å². The Labute approximate surface area is 147 Å². The molecule has 0 spiro atoms. The van der Waals surface area contributed by atoms with Crippen molar-refractivity contribution in [2.45, 2.75) is 39.9 Å². The van der Waals surface area contributed by atoms with Gasteiger partial charge in [-0.1, -0.05) is 37.3 Å². The topological polar surface area (TPSA) is 29.5 Å². The lowest BCUT2D eigenvalue weighted by molar-refractivity contribution is -0.146. The summed E-state index contributed by atoms with van der Waals surface area (Å²) in [5, 5.41) is 0. The number of methoxy groups -OCH3 is 1. The van der Waals surface area contributed by atoms with Crippen LogP contribution in [0.25, 0.3) is 0 Å². The third kappa shape index (κ3) is 6.90. The molecule has 25 heavy (non-hydrogen) atoms.